The van der Waals surface area contributed by atoms with Crippen LogP contribution >= 0.6 is 0 Å². The van der Waals surface area contributed by atoms with E-state index in [1.807, 2.05) is 103 Å². The maximum absolute atomic E-state index is 9.86. The quantitative estimate of drug-likeness (QED) is 0.122. The van der Waals surface area contributed by atoms with Crippen molar-refractivity contribution in [3.8, 4) is 33.8 Å². The fourth-order valence-electron chi connectivity index (χ4n) is 10.1. The van der Waals surface area contributed by atoms with Crippen LogP contribution in [0.4, 0.5) is 0 Å². The first-order chi connectivity index (χ1) is 35.2. The van der Waals surface area contributed by atoms with Gasteiger partial charge in [0, 0.05) is 61.1 Å². The summed E-state index contributed by atoms with van der Waals surface area (Å²) in [6.07, 6.45) is 2.33. The minimum Gasteiger partial charge on any atom is -0.437 e. The van der Waals surface area contributed by atoms with Gasteiger partial charge in [0.2, 0.25) is 5.71 Å². The fraction of sp³-hybridized carbons (Fsp3) is 0.302. The van der Waals surface area contributed by atoms with Crippen molar-refractivity contribution in [3.63, 3.8) is 0 Å². The topological polar surface area (TPSA) is 64.7 Å². The van der Waals surface area contributed by atoms with E-state index in [4.69, 9.17) is 28.5 Å². The van der Waals surface area contributed by atoms with Crippen molar-refractivity contribution in [2.24, 2.45) is 0 Å². The normalized spacial score (nSPS) is 16.7. The number of hydrogen-bond acceptors (Lipinski definition) is 5. The van der Waals surface area contributed by atoms with Gasteiger partial charge in [-0.15, -0.1) is 0 Å². The summed E-state index contributed by atoms with van der Waals surface area (Å²) < 4.78 is 72.2. The van der Waals surface area contributed by atoms with E-state index in [1.54, 1.807) is 12.1 Å². The van der Waals surface area contributed by atoms with Crippen LogP contribution in [0.2, 0.25) is 0 Å². The van der Waals surface area contributed by atoms with E-state index in [2.05, 4.69) is 79.7 Å². The second kappa shape index (κ2) is 17.4. The van der Waals surface area contributed by atoms with E-state index in [0.717, 1.165) is 74.1 Å². The summed E-state index contributed by atoms with van der Waals surface area (Å²) in [6, 6.07) is 43.0. The van der Waals surface area contributed by atoms with Gasteiger partial charge in [0.05, 0.1) is 22.8 Å². The Bertz CT molecular complexity index is 3470. The molecule has 4 aromatic carbocycles. The number of furan rings is 1. The van der Waals surface area contributed by atoms with Crippen LogP contribution in [-0.2, 0) is 47.2 Å². The largest absolute Gasteiger partial charge is 0.437 e. The number of pyridine rings is 4. The van der Waals surface area contributed by atoms with Crippen LogP contribution in [-0.4, -0.2) is 19.9 Å². The van der Waals surface area contributed by atoms with Gasteiger partial charge in [-0.3, -0.25) is 15.0 Å². The molecule has 0 aliphatic heterocycles. The molecule has 0 spiro atoms. The fourth-order valence-corrected chi connectivity index (χ4v) is 10.1. The standard InChI is InChI=1S/C63H64N4O/c1-41-31-56(51-22-16-21-50-52-35-53-58(67-59(52)68-57(50)51)61(4,5)30-29-60(53,2)3)64-38-47(41)24-23-42-32-43(36-62(6,7)48-25-27-54(65-39-48)45-17-12-10-13-18-45)34-44(33-42)37-63(8,9)49-26-28-55(66-40-49)46-19-14-11-15-20-46/h10-22,25-28,31-35,38-40H,23-24,29-30,36-37H2,1-9H3/i1D3,23D2,24D2. The van der Waals surface area contributed by atoms with Gasteiger partial charge >= 0.3 is 0 Å². The Kier molecular flexibility index (Phi) is 9.55. The van der Waals surface area contributed by atoms with Crippen LogP contribution in [0.25, 0.3) is 55.8 Å². The molecule has 68 heavy (non-hydrogen) atoms. The Labute approximate surface area is 413 Å². The van der Waals surface area contributed by atoms with Gasteiger partial charge in [-0.2, -0.15) is 0 Å². The highest BCUT2D eigenvalue weighted by atomic mass is 16.3. The highest BCUT2D eigenvalue weighted by Crippen LogP contribution is 2.47. The highest BCUT2D eigenvalue weighted by Gasteiger charge is 2.39. The van der Waals surface area contributed by atoms with Crippen molar-refractivity contribution in [2.45, 2.75) is 122 Å². The van der Waals surface area contributed by atoms with E-state index >= 15 is 0 Å². The summed E-state index contributed by atoms with van der Waals surface area (Å²) >= 11 is 0. The minimum atomic E-state index is -2.88. The molecule has 1 aliphatic rings. The number of para-hydroxylation sites is 1. The zero-order valence-electron chi connectivity index (χ0n) is 47.5. The molecule has 0 radical (unpaired) electrons. The Balaban J connectivity index is 1.04. The van der Waals surface area contributed by atoms with E-state index < -0.39 is 30.4 Å². The molecule has 0 saturated heterocycles. The van der Waals surface area contributed by atoms with Gasteiger partial charge in [0.15, 0.2) is 0 Å². The van der Waals surface area contributed by atoms with Crippen LogP contribution in [0.3, 0.4) is 0 Å². The minimum absolute atomic E-state index is 0.0829. The molecule has 0 unspecified atom stereocenters. The lowest BCUT2D eigenvalue weighted by atomic mass is 9.65. The van der Waals surface area contributed by atoms with Crippen molar-refractivity contribution in [2.75, 3.05) is 0 Å². The molecule has 0 atom stereocenters. The molecule has 0 fully saturated rings. The predicted molar refractivity (Wildman–Crippen MR) is 281 cm³/mol. The monoisotopic (exact) mass is 900 g/mol. The van der Waals surface area contributed by atoms with E-state index in [0.29, 0.717) is 29.7 Å². The van der Waals surface area contributed by atoms with Gasteiger partial charge in [0.25, 0.3) is 0 Å². The zero-order chi connectivity index (χ0) is 53.5. The Morgan fingerprint density at radius 1 is 0.574 bits per heavy atom. The molecular weight excluding hydrogens is 829 g/mol. The first-order valence-corrected chi connectivity index (χ1v) is 23.8. The highest BCUT2D eigenvalue weighted by molar-refractivity contribution is 6.08. The number of hydrogen-bond donors (Lipinski definition) is 0. The second-order valence-electron chi connectivity index (χ2n) is 21.4. The predicted octanol–water partition coefficient (Wildman–Crippen LogP) is 15.7. The van der Waals surface area contributed by atoms with E-state index in [1.165, 1.54) is 17.8 Å². The van der Waals surface area contributed by atoms with Crippen molar-refractivity contribution in [3.05, 3.63) is 202 Å². The lowest BCUT2D eigenvalue weighted by molar-refractivity contribution is 0.323. The number of nitrogens with zero attached hydrogens (tertiary/aromatic N) is 4. The first-order valence-electron chi connectivity index (χ1n) is 27.3. The molecule has 5 heterocycles. The molecule has 5 heteroatoms. The van der Waals surface area contributed by atoms with Crippen molar-refractivity contribution >= 4 is 22.1 Å². The molecule has 5 nitrogen and oxygen atoms in total. The number of aryl methyl sites for hydroxylation is 3. The average molecular weight is 900 g/mol. The molecule has 10 rings (SSSR count). The summed E-state index contributed by atoms with van der Waals surface area (Å²) in [5.41, 5.74) is 9.55. The van der Waals surface area contributed by atoms with Crippen molar-refractivity contribution < 1.29 is 14.0 Å². The van der Waals surface area contributed by atoms with Gasteiger partial charge in [-0.1, -0.05) is 159 Å². The van der Waals surface area contributed by atoms with Crippen LogP contribution in [0.5, 0.6) is 0 Å². The van der Waals surface area contributed by atoms with Crippen molar-refractivity contribution in [1.29, 1.82) is 0 Å². The summed E-state index contributed by atoms with van der Waals surface area (Å²) in [5, 5.41) is 1.67. The smallest absolute Gasteiger partial charge is 0.227 e. The second-order valence-corrected chi connectivity index (χ2v) is 21.4. The molecule has 0 amide bonds. The number of aromatic nitrogens is 4. The van der Waals surface area contributed by atoms with Crippen LogP contribution in [0.1, 0.15) is 128 Å². The SMILES string of the molecule is [2H]C([2H])([2H])c1cc(-c2cccc3c2oc2nc4c(cc23)C(C)(C)CCC4(C)C)ncc1C([2H])([2H])C([2H])([2H])c1cc(CC(C)(C)c2ccc(-c3ccccc3)nc2)cc(CC(C)(C)c2ccc(-c3ccccc3)nc2)c1. The third-order valence-corrected chi connectivity index (χ3v) is 14.3. The molecular formula is C63H64N4O. The summed E-state index contributed by atoms with van der Waals surface area (Å²) in [6.45, 7) is 14.6. The molecule has 9 aromatic rings. The maximum Gasteiger partial charge on any atom is 0.227 e. The molecule has 5 aromatic heterocycles. The van der Waals surface area contributed by atoms with Crippen LogP contribution < -0.4 is 0 Å². The van der Waals surface area contributed by atoms with Gasteiger partial charge in [-0.25, -0.2) is 4.98 Å². The maximum atomic E-state index is 9.86. The van der Waals surface area contributed by atoms with Gasteiger partial charge in [-0.05, 0) is 136 Å². The molecule has 1 aliphatic carbocycles. The average Bonchev–Trinajstić information content (AvgIpc) is 3.76. The van der Waals surface area contributed by atoms with Crippen LogP contribution in [0, 0.1) is 6.85 Å². The summed E-state index contributed by atoms with van der Waals surface area (Å²) in [7, 11) is 0. The zero-order valence-corrected chi connectivity index (χ0v) is 40.5. The Hall–Kier alpha value is -6.72. The molecule has 0 bridgehead atoms. The number of fused-ring (bicyclic) bond motifs is 4. The van der Waals surface area contributed by atoms with E-state index in [9.17, 15) is 5.48 Å². The number of benzene rings is 4. The Morgan fingerprint density at radius 2 is 1.15 bits per heavy atom. The number of rotatable bonds is 12. The van der Waals surface area contributed by atoms with Crippen molar-refractivity contribution in [1.82, 2.24) is 19.9 Å². The van der Waals surface area contributed by atoms with Gasteiger partial charge in [0.1, 0.15) is 5.58 Å². The lowest BCUT2D eigenvalue weighted by Crippen LogP contribution is -2.34. The molecule has 0 N–H and O–H groups in total. The summed E-state index contributed by atoms with van der Waals surface area (Å²) in [5.74, 6) is 0. The third kappa shape index (κ3) is 8.92. The van der Waals surface area contributed by atoms with Gasteiger partial charge < -0.3 is 4.42 Å². The molecule has 342 valence electrons. The van der Waals surface area contributed by atoms with Crippen LogP contribution in [0.15, 0.2) is 156 Å². The lowest BCUT2D eigenvalue weighted by Gasteiger charge is -2.40. The third-order valence-electron chi connectivity index (χ3n) is 14.3. The first kappa shape index (κ1) is 37.3. The summed E-state index contributed by atoms with van der Waals surface area (Å²) in [4.78, 5) is 19.5. The molecule has 0 saturated carbocycles. The Morgan fingerprint density at radius 3 is 1.72 bits per heavy atom. The van der Waals surface area contributed by atoms with E-state index in [-0.39, 0.29) is 33.2 Å².